The van der Waals surface area contributed by atoms with E-state index in [2.05, 4.69) is 22.0 Å². The number of aromatic hydroxyl groups is 1. The number of rotatable bonds is 1. The van der Waals surface area contributed by atoms with Gasteiger partial charge in [-0.2, -0.15) is 0 Å². The first-order valence-electron chi connectivity index (χ1n) is 6.28. The Labute approximate surface area is 115 Å². The average Bonchev–Trinajstić information content (AvgIpc) is 2.40. The molecule has 3 heteroatoms. The van der Waals surface area contributed by atoms with Gasteiger partial charge in [-0.05, 0) is 48.2 Å². The van der Waals surface area contributed by atoms with E-state index in [0.29, 0.717) is 5.75 Å². The standard InChI is InChI=1S/C15H15BrO2/c16-11-5-6-12-10(9-11)4-7-13(17)15(12)14-3-1-2-8-18-14/h4-7,9,14,17H,1-3,8H2/t14-/m0/s1. The quantitative estimate of drug-likeness (QED) is 0.837. The summed E-state index contributed by atoms with van der Waals surface area (Å²) in [6, 6.07) is 9.84. The van der Waals surface area contributed by atoms with Gasteiger partial charge in [0.15, 0.2) is 0 Å². The molecule has 1 aliphatic rings. The molecule has 94 valence electrons. The largest absolute Gasteiger partial charge is 0.508 e. The van der Waals surface area contributed by atoms with Gasteiger partial charge in [0.05, 0.1) is 6.10 Å². The third-order valence-electron chi connectivity index (χ3n) is 3.50. The molecule has 1 heterocycles. The van der Waals surface area contributed by atoms with E-state index in [9.17, 15) is 5.11 Å². The maximum absolute atomic E-state index is 10.1. The highest BCUT2D eigenvalue weighted by Gasteiger charge is 2.21. The van der Waals surface area contributed by atoms with Crippen LogP contribution >= 0.6 is 15.9 Å². The minimum absolute atomic E-state index is 0.0311. The lowest BCUT2D eigenvalue weighted by atomic mass is 9.95. The molecule has 2 aromatic carbocycles. The summed E-state index contributed by atoms with van der Waals surface area (Å²) < 4.78 is 6.86. The minimum atomic E-state index is 0.0311. The molecule has 0 aromatic heterocycles. The smallest absolute Gasteiger partial charge is 0.122 e. The first-order chi connectivity index (χ1) is 8.75. The summed E-state index contributed by atoms with van der Waals surface area (Å²) in [5, 5.41) is 12.4. The molecule has 2 aromatic rings. The summed E-state index contributed by atoms with van der Waals surface area (Å²) in [4.78, 5) is 0. The second kappa shape index (κ2) is 4.90. The summed E-state index contributed by atoms with van der Waals surface area (Å²) in [6.07, 6.45) is 3.30. The molecule has 18 heavy (non-hydrogen) atoms. The lowest BCUT2D eigenvalue weighted by Gasteiger charge is -2.25. The third kappa shape index (κ3) is 2.13. The van der Waals surface area contributed by atoms with Crippen molar-refractivity contribution in [2.45, 2.75) is 25.4 Å². The SMILES string of the molecule is Oc1ccc2cc(Br)ccc2c1[C@@H]1CCCCO1. The highest BCUT2D eigenvalue weighted by atomic mass is 79.9. The fraction of sp³-hybridized carbons (Fsp3) is 0.333. The summed E-state index contributed by atoms with van der Waals surface area (Å²) in [6.45, 7) is 0.789. The Balaban J connectivity index is 2.16. The minimum Gasteiger partial charge on any atom is -0.508 e. The molecular weight excluding hydrogens is 292 g/mol. The Morgan fingerprint density at radius 2 is 2.06 bits per heavy atom. The summed E-state index contributed by atoms with van der Waals surface area (Å²) in [7, 11) is 0. The van der Waals surface area contributed by atoms with Gasteiger partial charge in [-0.3, -0.25) is 0 Å². The summed E-state index contributed by atoms with van der Waals surface area (Å²) in [5.74, 6) is 0.344. The first kappa shape index (κ1) is 12.0. The second-order valence-electron chi connectivity index (χ2n) is 4.72. The predicted molar refractivity (Wildman–Crippen MR) is 75.9 cm³/mol. The average molecular weight is 307 g/mol. The molecule has 1 saturated heterocycles. The van der Waals surface area contributed by atoms with Crippen molar-refractivity contribution >= 4 is 26.7 Å². The van der Waals surface area contributed by atoms with E-state index in [-0.39, 0.29) is 6.10 Å². The van der Waals surface area contributed by atoms with E-state index in [1.165, 1.54) is 0 Å². The van der Waals surface area contributed by atoms with Crippen molar-refractivity contribution in [3.05, 3.63) is 40.4 Å². The summed E-state index contributed by atoms with van der Waals surface area (Å²) in [5.41, 5.74) is 0.944. The van der Waals surface area contributed by atoms with Crippen molar-refractivity contribution in [1.82, 2.24) is 0 Å². The predicted octanol–water partition coefficient (Wildman–Crippen LogP) is 4.55. The lowest BCUT2D eigenvalue weighted by molar-refractivity contribution is 0.0146. The fourth-order valence-electron chi connectivity index (χ4n) is 2.62. The number of ether oxygens (including phenoxy) is 1. The van der Waals surface area contributed by atoms with Gasteiger partial charge in [0.1, 0.15) is 5.75 Å². The van der Waals surface area contributed by atoms with E-state index in [1.807, 2.05) is 18.2 Å². The zero-order valence-electron chi connectivity index (χ0n) is 10.0. The molecule has 0 saturated carbocycles. The van der Waals surface area contributed by atoms with Crippen LogP contribution in [0.4, 0.5) is 0 Å². The Bertz CT molecular complexity index is 574. The van der Waals surface area contributed by atoms with E-state index >= 15 is 0 Å². The molecule has 1 N–H and O–H groups in total. The van der Waals surface area contributed by atoms with Gasteiger partial charge in [0, 0.05) is 16.6 Å². The molecule has 1 aliphatic heterocycles. The van der Waals surface area contributed by atoms with Crippen LogP contribution in [-0.2, 0) is 4.74 Å². The highest BCUT2D eigenvalue weighted by Crippen LogP contribution is 2.39. The van der Waals surface area contributed by atoms with Crippen LogP contribution < -0.4 is 0 Å². The first-order valence-corrected chi connectivity index (χ1v) is 7.08. The molecule has 0 unspecified atom stereocenters. The fourth-order valence-corrected chi connectivity index (χ4v) is 3.00. The van der Waals surface area contributed by atoms with Crippen molar-refractivity contribution in [3.8, 4) is 5.75 Å². The van der Waals surface area contributed by atoms with E-state index in [0.717, 1.165) is 46.7 Å². The van der Waals surface area contributed by atoms with Crippen LogP contribution in [0.1, 0.15) is 30.9 Å². The number of phenols is 1. The van der Waals surface area contributed by atoms with Crippen LogP contribution in [0, 0.1) is 0 Å². The Morgan fingerprint density at radius 1 is 1.17 bits per heavy atom. The maximum atomic E-state index is 10.1. The van der Waals surface area contributed by atoms with E-state index in [4.69, 9.17) is 4.74 Å². The zero-order valence-corrected chi connectivity index (χ0v) is 11.6. The lowest BCUT2D eigenvalue weighted by Crippen LogP contribution is -2.12. The van der Waals surface area contributed by atoms with Crippen molar-refractivity contribution < 1.29 is 9.84 Å². The molecule has 0 spiro atoms. The second-order valence-corrected chi connectivity index (χ2v) is 5.63. The topological polar surface area (TPSA) is 29.5 Å². The van der Waals surface area contributed by atoms with Crippen LogP contribution in [0.25, 0.3) is 10.8 Å². The molecule has 0 radical (unpaired) electrons. The molecule has 0 aliphatic carbocycles. The molecule has 1 atom stereocenters. The number of hydrogen-bond donors (Lipinski definition) is 1. The van der Waals surface area contributed by atoms with Gasteiger partial charge in [-0.15, -0.1) is 0 Å². The molecule has 0 amide bonds. The van der Waals surface area contributed by atoms with Gasteiger partial charge in [-0.1, -0.05) is 28.1 Å². The van der Waals surface area contributed by atoms with Crippen LogP contribution in [-0.4, -0.2) is 11.7 Å². The van der Waals surface area contributed by atoms with E-state index < -0.39 is 0 Å². The third-order valence-corrected chi connectivity index (χ3v) is 4.00. The van der Waals surface area contributed by atoms with E-state index in [1.54, 1.807) is 6.07 Å². The van der Waals surface area contributed by atoms with Crippen molar-refractivity contribution in [2.24, 2.45) is 0 Å². The molecule has 0 bridgehead atoms. The number of fused-ring (bicyclic) bond motifs is 1. The van der Waals surface area contributed by atoms with Gasteiger partial charge in [0.25, 0.3) is 0 Å². The monoisotopic (exact) mass is 306 g/mol. The Hall–Kier alpha value is -1.06. The van der Waals surface area contributed by atoms with Gasteiger partial charge in [0.2, 0.25) is 0 Å². The van der Waals surface area contributed by atoms with Crippen LogP contribution in [0.15, 0.2) is 34.8 Å². The van der Waals surface area contributed by atoms with Crippen LogP contribution in [0.5, 0.6) is 5.75 Å². The Kier molecular flexibility index (Phi) is 3.27. The number of phenolic OH excluding ortho intramolecular Hbond substituents is 1. The van der Waals surface area contributed by atoms with Crippen LogP contribution in [0.3, 0.4) is 0 Å². The maximum Gasteiger partial charge on any atom is 0.122 e. The van der Waals surface area contributed by atoms with Gasteiger partial charge < -0.3 is 9.84 Å². The number of hydrogen-bond acceptors (Lipinski definition) is 2. The molecule has 2 nitrogen and oxygen atoms in total. The summed E-state index contributed by atoms with van der Waals surface area (Å²) >= 11 is 3.48. The van der Waals surface area contributed by atoms with Crippen LogP contribution in [0.2, 0.25) is 0 Å². The molecular formula is C15H15BrO2. The highest BCUT2D eigenvalue weighted by molar-refractivity contribution is 9.10. The van der Waals surface area contributed by atoms with Crippen molar-refractivity contribution in [2.75, 3.05) is 6.61 Å². The Morgan fingerprint density at radius 3 is 2.83 bits per heavy atom. The normalized spacial score (nSPS) is 20.2. The molecule has 1 fully saturated rings. The van der Waals surface area contributed by atoms with Crippen molar-refractivity contribution in [3.63, 3.8) is 0 Å². The van der Waals surface area contributed by atoms with Gasteiger partial charge in [-0.25, -0.2) is 0 Å². The number of benzene rings is 2. The van der Waals surface area contributed by atoms with Crippen molar-refractivity contribution in [1.29, 1.82) is 0 Å². The number of halogens is 1. The molecule has 3 rings (SSSR count). The van der Waals surface area contributed by atoms with Gasteiger partial charge >= 0.3 is 0 Å². The zero-order chi connectivity index (χ0) is 12.5.